The third kappa shape index (κ3) is 5.21. The van der Waals surface area contributed by atoms with E-state index in [1.165, 1.54) is 25.1 Å². The number of nitrogens with zero attached hydrogens (tertiary/aromatic N) is 1. The molecule has 11 heteroatoms. The summed E-state index contributed by atoms with van der Waals surface area (Å²) in [4.78, 5) is 24.3. The summed E-state index contributed by atoms with van der Waals surface area (Å²) in [6.45, 7) is 1.27. The van der Waals surface area contributed by atoms with Crippen LogP contribution in [-0.4, -0.2) is 39.7 Å². The van der Waals surface area contributed by atoms with Gasteiger partial charge in [-0.15, -0.1) is 0 Å². The lowest BCUT2D eigenvalue weighted by Gasteiger charge is -2.28. The van der Waals surface area contributed by atoms with Crippen LogP contribution in [0.25, 0.3) is 0 Å². The first kappa shape index (κ1) is 22.6. The smallest absolute Gasteiger partial charge is 0.339 e. The molecule has 0 aliphatic heterocycles. The molecule has 0 saturated carbocycles. The molecule has 7 nitrogen and oxygen atoms in total. The summed E-state index contributed by atoms with van der Waals surface area (Å²) in [6.07, 6.45) is 0.829. The molecule has 156 valence electrons. The number of sulfonamides is 1. The number of carbonyl (C=O) groups excluding carboxylic acids is 2. The van der Waals surface area contributed by atoms with Gasteiger partial charge in [0.25, 0.3) is 0 Å². The number of ether oxygens (including phenoxy) is 1. The summed E-state index contributed by atoms with van der Waals surface area (Å²) in [5.74, 6) is -3.92. The van der Waals surface area contributed by atoms with Gasteiger partial charge < -0.3 is 10.1 Å². The molecule has 0 saturated heterocycles. The number of carbonyl (C=O) groups is 2. The highest BCUT2D eigenvalue weighted by Gasteiger charge is 2.30. The Labute approximate surface area is 171 Å². The van der Waals surface area contributed by atoms with Gasteiger partial charge in [-0.1, -0.05) is 11.6 Å². The highest BCUT2D eigenvalue weighted by atomic mass is 35.5. The lowest BCUT2D eigenvalue weighted by molar-refractivity contribution is -0.116. The second-order valence-corrected chi connectivity index (χ2v) is 8.28. The standard InChI is InChI=1S/C18H17ClF2N2O5S/c1-10(23(29(3,26)27)12-5-7-15(20)16(21)9-12)17(24)22-11-4-6-14(19)13(8-11)18(25)28-2/h4-10H,1-3H3,(H,22,24)/t10-/m1/s1. The topological polar surface area (TPSA) is 92.8 Å². The zero-order valence-corrected chi connectivity index (χ0v) is 17.1. The van der Waals surface area contributed by atoms with Gasteiger partial charge in [-0.05, 0) is 37.3 Å². The Kier molecular flexibility index (Phi) is 6.81. The van der Waals surface area contributed by atoms with E-state index in [9.17, 15) is 26.8 Å². The summed E-state index contributed by atoms with van der Waals surface area (Å²) in [5.41, 5.74) is -0.0639. The molecule has 1 N–H and O–H groups in total. The highest BCUT2D eigenvalue weighted by molar-refractivity contribution is 7.92. The summed E-state index contributed by atoms with van der Waals surface area (Å²) >= 11 is 5.92. The van der Waals surface area contributed by atoms with E-state index in [2.05, 4.69) is 10.1 Å². The van der Waals surface area contributed by atoms with Gasteiger partial charge in [0.1, 0.15) is 6.04 Å². The number of halogens is 3. The lowest BCUT2D eigenvalue weighted by atomic mass is 10.2. The first-order chi connectivity index (χ1) is 13.5. The average molecular weight is 447 g/mol. The van der Waals surface area contributed by atoms with Gasteiger partial charge in [0, 0.05) is 11.8 Å². The normalized spacial score (nSPS) is 12.2. The van der Waals surface area contributed by atoms with Crippen molar-refractivity contribution in [1.29, 1.82) is 0 Å². The third-order valence-corrected chi connectivity index (χ3v) is 5.46. The average Bonchev–Trinajstić information content (AvgIpc) is 2.64. The van der Waals surface area contributed by atoms with Gasteiger partial charge in [0.05, 0.1) is 29.6 Å². The number of rotatable bonds is 6. The van der Waals surface area contributed by atoms with E-state index in [-0.39, 0.29) is 22.0 Å². The van der Waals surface area contributed by atoms with Crippen LogP contribution in [0.2, 0.25) is 5.02 Å². The van der Waals surface area contributed by atoms with E-state index in [0.29, 0.717) is 10.4 Å². The Morgan fingerprint density at radius 1 is 1.14 bits per heavy atom. The van der Waals surface area contributed by atoms with Crippen LogP contribution in [0.4, 0.5) is 20.2 Å². The first-order valence-corrected chi connectivity index (χ1v) is 10.3. The maximum Gasteiger partial charge on any atom is 0.339 e. The second-order valence-electron chi connectivity index (χ2n) is 6.01. The molecule has 2 aromatic carbocycles. The van der Waals surface area contributed by atoms with Gasteiger partial charge in [-0.3, -0.25) is 9.10 Å². The molecule has 0 unspecified atom stereocenters. The van der Waals surface area contributed by atoms with Crippen molar-refractivity contribution in [3.05, 3.63) is 58.6 Å². The minimum absolute atomic E-state index is 0.000180. The predicted octanol–water partition coefficient (Wildman–Crippen LogP) is 3.20. The van der Waals surface area contributed by atoms with E-state index in [1.54, 1.807) is 0 Å². The molecule has 0 heterocycles. The first-order valence-electron chi connectivity index (χ1n) is 8.09. The minimum Gasteiger partial charge on any atom is -0.465 e. The summed E-state index contributed by atoms with van der Waals surface area (Å²) in [7, 11) is -2.86. The number of esters is 1. The molecule has 0 spiro atoms. The van der Waals surface area contributed by atoms with Crippen LogP contribution in [0.3, 0.4) is 0 Å². The van der Waals surface area contributed by atoms with Crippen molar-refractivity contribution >= 4 is 44.9 Å². The SMILES string of the molecule is COC(=O)c1cc(NC(=O)[C@@H](C)N(c2ccc(F)c(F)c2)S(C)(=O)=O)ccc1Cl. The highest BCUT2D eigenvalue weighted by Crippen LogP contribution is 2.25. The zero-order chi connectivity index (χ0) is 21.9. The Hall–Kier alpha value is -2.72. The molecule has 0 radical (unpaired) electrons. The third-order valence-electron chi connectivity index (χ3n) is 3.89. The molecule has 29 heavy (non-hydrogen) atoms. The van der Waals surface area contributed by atoms with Gasteiger partial charge in [0.15, 0.2) is 11.6 Å². The van der Waals surface area contributed by atoms with Crippen LogP contribution >= 0.6 is 11.6 Å². The van der Waals surface area contributed by atoms with Crippen LogP contribution in [0, 0.1) is 11.6 Å². The molecule has 2 rings (SSSR count). The van der Waals surface area contributed by atoms with E-state index >= 15 is 0 Å². The summed E-state index contributed by atoms with van der Waals surface area (Å²) < 4.78 is 56.4. The lowest BCUT2D eigenvalue weighted by Crippen LogP contribution is -2.45. The van der Waals surface area contributed by atoms with Crippen molar-refractivity contribution < 1.29 is 31.5 Å². The van der Waals surface area contributed by atoms with Crippen molar-refractivity contribution in [2.45, 2.75) is 13.0 Å². The Morgan fingerprint density at radius 2 is 1.79 bits per heavy atom. The number of amides is 1. The van der Waals surface area contributed by atoms with Gasteiger partial charge >= 0.3 is 5.97 Å². The van der Waals surface area contributed by atoms with Crippen molar-refractivity contribution in [1.82, 2.24) is 0 Å². The van der Waals surface area contributed by atoms with E-state index in [4.69, 9.17) is 11.6 Å². The molecular weight excluding hydrogens is 430 g/mol. The van der Waals surface area contributed by atoms with Crippen molar-refractivity contribution in [2.75, 3.05) is 23.0 Å². The zero-order valence-electron chi connectivity index (χ0n) is 15.6. The quantitative estimate of drug-likeness (QED) is 0.688. The number of hydrogen-bond acceptors (Lipinski definition) is 5. The monoisotopic (exact) mass is 446 g/mol. The fraction of sp³-hybridized carbons (Fsp3) is 0.222. The van der Waals surface area contributed by atoms with Gasteiger partial charge in [-0.2, -0.15) is 0 Å². The maximum atomic E-state index is 13.6. The minimum atomic E-state index is -4.03. The molecule has 0 aromatic heterocycles. The van der Waals surface area contributed by atoms with Crippen LogP contribution < -0.4 is 9.62 Å². The molecular formula is C18H17ClF2N2O5S. The largest absolute Gasteiger partial charge is 0.465 e. The summed E-state index contributed by atoms with van der Waals surface area (Å²) in [5, 5.41) is 2.56. The number of hydrogen-bond donors (Lipinski definition) is 1. The number of anilines is 2. The van der Waals surface area contributed by atoms with Crippen LogP contribution in [0.5, 0.6) is 0 Å². The number of benzene rings is 2. The fourth-order valence-corrected chi connectivity index (χ4v) is 3.91. The molecule has 2 aromatic rings. The van der Waals surface area contributed by atoms with E-state index in [0.717, 1.165) is 25.5 Å². The van der Waals surface area contributed by atoms with E-state index in [1.807, 2.05) is 0 Å². The van der Waals surface area contributed by atoms with E-state index < -0.39 is 39.6 Å². The maximum absolute atomic E-state index is 13.6. The molecule has 0 bridgehead atoms. The van der Waals surface area contributed by atoms with Gasteiger partial charge in [0.2, 0.25) is 15.9 Å². The predicted molar refractivity (Wildman–Crippen MR) is 105 cm³/mol. The number of methoxy groups -OCH3 is 1. The molecule has 1 amide bonds. The van der Waals surface area contributed by atoms with Crippen molar-refractivity contribution in [2.24, 2.45) is 0 Å². The molecule has 0 aliphatic carbocycles. The summed E-state index contributed by atoms with van der Waals surface area (Å²) in [6, 6.07) is 5.18. The van der Waals surface area contributed by atoms with Crippen LogP contribution in [0.1, 0.15) is 17.3 Å². The molecule has 1 atom stereocenters. The van der Waals surface area contributed by atoms with Crippen molar-refractivity contribution in [3.8, 4) is 0 Å². The van der Waals surface area contributed by atoms with Crippen molar-refractivity contribution in [3.63, 3.8) is 0 Å². The second kappa shape index (κ2) is 8.75. The Bertz CT molecular complexity index is 1060. The Morgan fingerprint density at radius 3 is 2.34 bits per heavy atom. The van der Waals surface area contributed by atoms with Gasteiger partial charge in [-0.25, -0.2) is 22.0 Å². The number of nitrogens with one attached hydrogen (secondary N) is 1. The van der Waals surface area contributed by atoms with Crippen LogP contribution in [-0.2, 0) is 19.6 Å². The fourth-order valence-electron chi connectivity index (χ4n) is 2.55. The van der Waals surface area contributed by atoms with Crippen LogP contribution in [0.15, 0.2) is 36.4 Å². The Balaban J connectivity index is 2.35. The molecule has 0 aliphatic rings. The molecule has 0 fully saturated rings.